The van der Waals surface area contributed by atoms with E-state index in [4.69, 9.17) is 0 Å². The fraction of sp³-hybridized carbons (Fsp3) is 0.867. The molecule has 0 aromatic rings. The van der Waals surface area contributed by atoms with Gasteiger partial charge in [-0.25, -0.2) is 0 Å². The molecule has 2 amide bonds. The van der Waals surface area contributed by atoms with Gasteiger partial charge in [0.1, 0.15) is 6.04 Å². The van der Waals surface area contributed by atoms with Gasteiger partial charge in [0, 0.05) is 18.5 Å². The highest BCUT2D eigenvalue weighted by molar-refractivity contribution is 5.90. The van der Waals surface area contributed by atoms with Crippen molar-refractivity contribution in [1.82, 2.24) is 10.2 Å². The molecule has 0 aromatic carbocycles. The highest BCUT2D eigenvalue weighted by Crippen LogP contribution is 2.36. The lowest BCUT2D eigenvalue weighted by atomic mass is 9.93. The van der Waals surface area contributed by atoms with E-state index in [-0.39, 0.29) is 29.3 Å². The first-order valence-electron chi connectivity index (χ1n) is 7.59. The molecule has 0 bridgehead atoms. The van der Waals surface area contributed by atoms with Crippen LogP contribution >= 0.6 is 0 Å². The van der Waals surface area contributed by atoms with Crippen LogP contribution in [0.4, 0.5) is 0 Å². The van der Waals surface area contributed by atoms with Crippen LogP contribution in [-0.4, -0.2) is 34.8 Å². The van der Waals surface area contributed by atoms with Gasteiger partial charge in [-0.15, -0.1) is 0 Å². The predicted octanol–water partition coefficient (Wildman–Crippen LogP) is 2.08. The second kappa shape index (κ2) is 5.51. The molecule has 2 atom stereocenters. The van der Waals surface area contributed by atoms with Crippen molar-refractivity contribution in [1.29, 1.82) is 0 Å². The Morgan fingerprint density at radius 2 is 2.00 bits per heavy atom. The number of nitrogens with zero attached hydrogens (tertiary/aromatic N) is 1. The van der Waals surface area contributed by atoms with Crippen LogP contribution in [-0.2, 0) is 9.59 Å². The van der Waals surface area contributed by atoms with Crippen LogP contribution in [0.2, 0.25) is 0 Å². The number of carbonyl (C=O) groups excluding carboxylic acids is 2. The second-order valence-electron chi connectivity index (χ2n) is 6.37. The van der Waals surface area contributed by atoms with Crippen LogP contribution in [0.5, 0.6) is 0 Å². The molecule has 1 aliphatic carbocycles. The zero-order valence-corrected chi connectivity index (χ0v) is 12.4. The molecule has 4 nitrogen and oxygen atoms in total. The quantitative estimate of drug-likeness (QED) is 0.850. The maximum absolute atomic E-state index is 12.8. The smallest absolute Gasteiger partial charge is 0.245 e. The van der Waals surface area contributed by atoms with Crippen molar-refractivity contribution in [3.05, 3.63) is 0 Å². The van der Waals surface area contributed by atoms with Gasteiger partial charge < -0.3 is 10.2 Å². The van der Waals surface area contributed by atoms with Crippen molar-refractivity contribution < 1.29 is 9.59 Å². The van der Waals surface area contributed by atoms with Crippen molar-refractivity contribution in [2.45, 2.75) is 70.9 Å². The van der Waals surface area contributed by atoms with E-state index in [9.17, 15) is 9.59 Å². The minimum atomic E-state index is -0.336. The van der Waals surface area contributed by atoms with Gasteiger partial charge in [0.25, 0.3) is 0 Å². The molecule has 1 saturated carbocycles. The molecule has 1 saturated heterocycles. The molecular formula is C15H26N2O2. The summed E-state index contributed by atoms with van der Waals surface area (Å²) in [5.74, 6) is 0.342. The number of rotatable bonds is 3. The van der Waals surface area contributed by atoms with Crippen LogP contribution in [0.15, 0.2) is 0 Å². The number of carbonyl (C=O) groups is 2. The second-order valence-corrected chi connectivity index (χ2v) is 6.37. The van der Waals surface area contributed by atoms with Crippen LogP contribution in [0.1, 0.15) is 59.3 Å². The lowest BCUT2D eigenvalue weighted by Gasteiger charge is -2.39. The van der Waals surface area contributed by atoms with Gasteiger partial charge >= 0.3 is 0 Å². The maximum Gasteiger partial charge on any atom is 0.245 e. The Balaban J connectivity index is 2.23. The zero-order valence-electron chi connectivity index (χ0n) is 12.4. The highest BCUT2D eigenvalue weighted by Gasteiger charge is 2.43. The van der Waals surface area contributed by atoms with Gasteiger partial charge in [0.05, 0.1) is 0 Å². The Labute approximate surface area is 115 Å². The highest BCUT2D eigenvalue weighted by atomic mass is 16.2. The number of hydrogen-bond acceptors (Lipinski definition) is 2. The number of amides is 2. The summed E-state index contributed by atoms with van der Waals surface area (Å²) in [6.07, 6.45) is 5.86. The van der Waals surface area contributed by atoms with Gasteiger partial charge in [0.15, 0.2) is 0 Å². The molecule has 1 heterocycles. The Kier molecular flexibility index (Phi) is 4.16. The van der Waals surface area contributed by atoms with Gasteiger partial charge in [-0.2, -0.15) is 0 Å². The molecule has 0 spiro atoms. The van der Waals surface area contributed by atoms with E-state index in [0.717, 1.165) is 19.3 Å². The summed E-state index contributed by atoms with van der Waals surface area (Å²) in [5.41, 5.74) is -0.0326. The van der Waals surface area contributed by atoms with Crippen molar-refractivity contribution in [2.24, 2.45) is 5.92 Å². The van der Waals surface area contributed by atoms with Gasteiger partial charge in [-0.3, -0.25) is 9.59 Å². The van der Waals surface area contributed by atoms with E-state index < -0.39 is 0 Å². The van der Waals surface area contributed by atoms with Crippen LogP contribution in [0.25, 0.3) is 0 Å². The number of nitrogens with one attached hydrogen (secondary N) is 1. The first kappa shape index (κ1) is 14.4. The molecule has 0 radical (unpaired) electrons. The lowest BCUT2D eigenvalue weighted by Crippen LogP contribution is -2.55. The molecule has 1 N–H and O–H groups in total. The molecule has 4 heteroatoms. The average molecular weight is 266 g/mol. The monoisotopic (exact) mass is 266 g/mol. The standard InChI is InChI=1S/C15H26N2O2/c1-4-11(2)13-14(19)17(10-7-12(18)16-13)15(3)8-5-6-9-15/h11,13H,4-10H2,1-3H3,(H,16,18). The minimum Gasteiger partial charge on any atom is -0.344 e. The summed E-state index contributed by atoms with van der Waals surface area (Å²) < 4.78 is 0. The number of hydrogen-bond donors (Lipinski definition) is 1. The van der Waals surface area contributed by atoms with Crippen molar-refractivity contribution in [3.8, 4) is 0 Å². The molecule has 0 aromatic heterocycles. The van der Waals surface area contributed by atoms with Crippen LogP contribution < -0.4 is 5.32 Å². The SMILES string of the molecule is CCC(C)C1NC(=O)CCN(C2(C)CCCC2)C1=O. The lowest BCUT2D eigenvalue weighted by molar-refractivity contribution is -0.140. The van der Waals surface area contributed by atoms with Crippen LogP contribution in [0.3, 0.4) is 0 Å². The Morgan fingerprint density at radius 3 is 2.58 bits per heavy atom. The molecular weight excluding hydrogens is 240 g/mol. The topological polar surface area (TPSA) is 49.4 Å². The van der Waals surface area contributed by atoms with Gasteiger partial charge in [0.2, 0.25) is 11.8 Å². The Hall–Kier alpha value is -1.06. The molecule has 2 rings (SSSR count). The first-order valence-corrected chi connectivity index (χ1v) is 7.59. The van der Waals surface area contributed by atoms with E-state index in [0.29, 0.717) is 13.0 Å². The van der Waals surface area contributed by atoms with Crippen molar-refractivity contribution >= 4 is 11.8 Å². The third-order valence-electron chi connectivity index (χ3n) is 4.96. The molecule has 2 unspecified atom stereocenters. The third-order valence-corrected chi connectivity index (χ3v) is 4.96. The average Bonchev–Trinajstić information content (AvgIpc) is 2.76. The first-order chi connectivity index (χ1) is 8.98. The van der Waals surface area contributed by atoms with E-state index >= 15 is 0 Å². The summed E-state index contributed by atoms with van der Waals surface area (Å²) in [7, 11) is 0. The minimum absolute atomic E-state index is 0.0164. The van der Waals surface area contributed by atoms with Gasteiger partial charge in [-0.05, 0) is 25.7 Å². The summed E-state index contributed by atoms with van der Waals surface area (Å²) in [6, 6.07) is -0.336. The normalized spacial score (nSPS) is 29.0. The maximum atomic E-state index is 12.8. The molecule has 2 fully saturated rings. The fourth-order valence-corrected chi connectivity index (χ4v) is 3.36. The summed E-state index contributed by atoms with van der Waals surface area (Å²) >= 11 is 0. The van der Waals surface area contributed by atoms with Crippen molar-refractivity contribution in [2.75, 3.05) is 6.54 Å². The Bertz CT molecular complexity index is 361. The van der Waals surface area contributed by atoms with E-state index in [1.54, 1.807) is 0 Å². The van der Waals surface area contributed by atoms with E-state index in [1.807, 2.05) is 11.8 Å². The summed E-state index contributed by atoms with van der Waals surface area (Å²) in [4.78, 5) is 26.6. The van der Waals surface area contributed by atoms with E-state index in [2.05, 4.69) is 19.2 Å². The van der Waals surface area contributed by atoms with Gasteiger partial charge in [-0.1, -0.05) is 33.1 Å². The summed E-state index contributed by atoms with van der Waals surface area (Å²) in [6.45, 7) is 6.87. The third kappa shape index (κ3) is 2.77. The van der Waals surface area contributed by atoms with Crippen LogP contribution in [0, 0.1) is 5.92 Å². The summed E-state index contributed by atoms with van der Waals surface area (Å²) in [5, 5.41) is 2.92. The fourth-order valence-electron chi connectivity index (χ4n) is 3.36. The molecule has 2 aliphatic rings. The zero-order chi connectivity index (χ0) is 14.0. The largest absolute Gasteiger partial charge is 0.344 e. The predicted molar refractivity (Wildman–Crippen MR) is 74.6 cm³/mol. The molecule has 19 heavy (non-hydrogen) atoms. The Morgan fingerprint density at radius 1 is 1.37 bits per heavy atom. The van der Waals surface area contributed by atoms with Crippen molar-refractivity contribution in [3.63, 3.8) is 0 Å². The molecule has 108 valence electrons. The molecule has 1 aliphatic heterocycles. The van der Waals surface area contributed by atoms with E-state index in [1.165, 1.54) is 12.8 Å².